The maximum Gasteiger partial charge on any atom is 0.191 e. The van der Waals surface area contributed by atoms with Crippen LogP contribution >= 0.6 is 15.9 Å². The molecule has 1 aliphatic carbocycles. The molecule has 138 valence electrons. The van der Waals surface area contributed by atoms with Crippen molar-refractivity contribution in [2.45, 2.75) is 31.3 Å². The number of anilines is 1. The molecule has 1 saturated heterocycles. The molecule has 2 fully saturated rings. The van der Waals surface area contributed by atoms with Gasteiger partial charge in [0.05, 0.1) is 5.69 Å². The van der Waals surface area contributed by atoms with Crippen LogP contribution in [0.4, 0.5) is 5.69 Å². The van der Waals surface area contributed by atoms with Gasteiger partial charge in [0, 0.05) is 43.2 Å². The van der Waals surface area contributed by atoms with Crippen LogP contribution in [-0.2, 0) is 0 Å². The van der Waals surface area contributed by atoms with Crippen LogP contribution in [0, 0.1) is 5.92 Å². The Labute approximate surface area is 160 Å². The topological polar surface area (TPSA) is 42.9 Å². The minimum absolute atomic E-state index is 0.428. The maximum atomic E-state index is 4.43. The predicted octanol–water partition coefficient (Wildman–Crippen LogP) is 2.53. The Morgan fingerprint density at radius 1 is 1.32 bits per heavy atom. The van der Waals surface area contributed by atoms with Crippen LogP contribution in [0.15, 0.2) is 33.7 Å². The first kappa shape index (κ1) is 18.5. The summed E-state index contributed by atoms with van der Waals surface area (Å²) in [5.74, 6) is 1.77. The van der Waals surface area contributed by atoms with Crippen molar-refractivity contribution < 1.29 is 0 Å². The molecular weight excluding hydrogens is 378 g/mol. The number of likely N-dealkylation sites (N-methyl/N-ethyl adjacent to an activating group) is 1. The van der Waals surface area contributed by atoms with Gasteiger partial charge in [-0.1, -0.05) is 12.1 Å². The van der Waals surface area contributed by atoms with Gasteiger partial charge in [0.1, 0.15) is 0 Å². The number of benzene rings is 1. The number of nitrogens with one attached hydrogen (secondary N) is 2. The summed E-state index contributed by atoms with van der Waals surface area (Å²) in [6, 6.07) is 9.47. The molecule has 2 aliphatic rings. The highest BCUT2D eigenvalue weighted by molar-refractivity contribution is 9.10. The summed E-state index contributed by atoms with van der Waals surface area (Å²) in [5.41, 5.74) is 1.27. The minimum atomic E-state index is 0.428. The number of para-hydroxylation sites is 1. The molecule has 6 heteroatoms. The molecule has 1 aromatic rings. The first-order valence-electron chi connectivity index (χ1n) is 9.21. The molecule has 0 aromatic heterocycles. The lowest BCUT2D eigenvalue weighted by Crippen LogP contribution is -2.49. The van der Waals surface area contributed by atoms with E-state index in [1.54, 1.807) is 0 Å². The highest BCUT2D eigenvalue weighted by Gasteiger charge is 2.32. The van der Waals surface area contributed by atoms with Crippen LogP contribution in [0.1, 0.15) is 19.3 Å². The van der Waals surface area contributed by atoms with E-state index in [1.165, 1.54) is 18.5 Å². The largest absolute Gasteiger partial charge is 0.368 e. The SMILES string of the molecule is CN=C(NCC(C1CC1)N(C)C)NC1CCN(c2ccccc2Br)C1. The molecule has 1 aromatic carbocycles. The number of aliphatic imine (C=N–C) groups is 1. The van der Waals surface area contributed by atoms with Gasteiger partial charge in [-0.05, 0) is 67.3 Å². The van der Waals surface area contributed by atoms with Crippen LogP contribution in [0.2, 0.25) is 0 Å². The average Bonchev–Trinajstić information content (AvgIpc) is 3.32. The van der Waals surface area contributed by atoms with E-state index in [4.69, 9.17) is 0 Å². The molecule has 2 N–H and O–H groups in total. The number of rotatable bonds is 6. The molecule has 0 bridgehead atoms. The monoisotopic (exact) mass is 407 g/mol. The zero-order valence-corrected chi connectivity index (χ0v) is 17.1. The Morgan fingerprint density at radius 2 is 2.08 bits per heavy atom. The molecule has 25 heavy (non-hydrogen) atoms. The highest BCUT2D eigenvalue weighted by Crippen LogP contribution is 2.34. The standard InChI is InChI=1S/C19H30BrN5/c1-21-19(22-12-18(24(2)3)14-8-9-14)23-15-10-11-25(13-15)17-7-5-4-6-16(17)20/h4-7,14-15,18H,8-13H2,1-3H3,(H2,21,22,23). The van der Waals surface area contributed by atoms with E-state index in [9.17, 15) is 0 Å². The van der Waals surface area contributed by atoms with Gasteiger partial charge in [-0.2, -0.15) is 0 Å². The van der Waals surface area contributed by atoms with Crippen molar-refractivity contribution in [3.8, 4) is 0 Å². The summed E-state index contributed by atoms with van der Waals surface area (Å²) >= 11 is 3.66. The highest BCUT2D eigenvalue weighted by atomic mass is 79.9. The molecule has 2 atom stereocenters. The zero-order valence-electron chi connectivity index (χ0n) is 15.5. The number of guanidine groups is 1. The second-order valence-corrected chi connectivity index (χ2v) is 8.20. The van der Waals surface area contributed by atoms with E-state index in [1.807, 2.05) is 7.05 Å². The van der Waals surface area contributed by atoms with Crippen molar-refractivity contribution in [3.63, 3.8) is 0 Å². The number of hydrogen-bond donors (Lipinski definition) is 2. The average molecular weight is 408 g/mol. The zero-order chi connectivity index (χ0) is 17.8. The number of halogens is 1. The Bertz CT molecular complexity index is 597. The van der Waals surface area contributed by atoms with E-state index >= 15 is 0 Å². The molecule has 2 unspecified atom stereocenters. The lowest BCUT2D eigenvalue weighted by molar-refractivity contribution is 0.264. The second-order valence-electron chi connectivity index (χ2n) is 7.35. The number of nitrogens with zero attached hydrogens (tertiary/aromatic N) is 3. The predicted molar refractivity (Wildman–Crippen MR) is 109 cm³/mol. The van der Waals surface area contributed by atoms with E-state index in [-0.39, 0.29) is 0 Å². The summed E-state index contributed by atoms with van der Waals surface area (Å²) in [4.78, 5) is 9.19. The molecule has 5 nitrogen and oxygen atoms in total. The van der Waals surface area contributed by atoms with Crippen LogP contribution in [0.3, 0.4) is 0 Å². The van der Waals surface area contributed by atoms with E-state index in [0.717, 1.165) is 42.4 Å². The second kappa shape index (κ2) is 8.41. The van der Waals surface area contributed by atoms with E-state index in [0.29, 0.717) is 12.1 Å². The fourth-order valence-electron chi connectivity index (χ4n) is 3.65. The normalized spacial score (nSPS) is 22.4. The Morgan fingerprint density at radius 3 is 2.72 bits per heavy atom. The third kappa shape index (κ3) is 4.88. The quantitative estimate of drug-likeness (QED) is 0.561. The van der Waals surface area contributed by atoms with Crippen LogP contribution in [-0.4, -0.2) is 63.7 Å². The molecule has 0 spiro atoms. The van der Waals surface area contributed by atoms with E-state index < -0.39 is 0 Å². The summed E-state index contributed by atoms with van der Waals surface area (Å²) in [7, 11) is 6.21. The summed E-state index contributed by atoms with van der Waals surface area (Å²) in [6.07, 6.45) is 3.85. The van der Waals surface area contributed by atoms with Gasteiger partial charge in [0.2, 0.25) is 0 Å². The molecular formula is C19H30BrN5. The molecule has 3 rings (SSSR count). The Kier molecular flexibility index (Phi) is 6.23. The van der Waals surface area contributed by atoms with Gasteiger partial charge < -0.3 is 20.4 Å². The lowest BCUT2D eigenvalue weighted by Gasteiger charge is -2.26. The van der Waals surface area contributed by atoms with Crippen molar-refractivity contribution in [2.24, 2.45) is 10.9 Å². The van der Waals surface area contributed by atoms with Gasteiger partial charge in [0.25, 0.3) is 0 Å². The van der Waals surface area contributed by atoms with Crippen molar-refractivity contribution >= 4 is 27.6 Å². The number of hydrogen-bond acceptors (Lipinski definition) is 3. The van der Waals surface area contributed by atoms with Gasteiger partial charge in [-0.15, -0.1) is 0 Å². The first-order valence-corrected chi connectivity index (χ1v) is 10.0. The molecule has 0 radical (unpaired) electrons. The van der Waals surface area contributed by atoms with Crippen molar-refractivity contribution in [3.05, 3.63) is 28.7 Å². The molecule has 1 saturated carbocycles. The molecule has 1 heterocycles. The Hall–Kier alpha value is -1.27. The van der Waals surface area contributed by atoms with Crippen LogP contribution in [0.25, 0.3) is 0 Å². The summed E-state index contributed by atoms with van der Waals surface area (Å²) in [5, 5.41) is 7.14. The van der Waals surface area contributed by atoms with Gasteiger partial charge in [-0.3, -0.25) is 4.99 Å². The Balaban J connectivity index is 1.50. The lowest BCUT2D eigenvalue weighted by atomic mass is 10.1. The van der Waals surface area contributed by atoms with Crippen LogP contribution in [0.5, 0.6) is 0 Å². The van der Waals surface area contributed by atoms with Crippen molar-refractivity contribution in [2.75, 3.05) is 45.7 Å². The van der Waals surface area contributed by atoms with Gasteiger partial charge in [-0.25, -0.2) is 0 Å². The first-order chi connectivity index (χ1) is 12.1. The van der Waals surface area contributed by atoms with Crippen LogP contribution < -0.4 is 15.5 Å². The van der Waals surface area contributed by atoms with E-state index in [2.05, 4.69) is 79.7 Å². The molecule has 0 amide bonds. The van der Waals surface area contributed by atoms with Gasteiger partial charge in [0.15, 0.2) is 5.96 Å². The maximum absolute atomic E-state index is 4.43. The summed E-state index contributed by atoms with van der Waals surface area (Å²) in [6.45, 7) is 3.03. The van der Waals surface area contributed by atoms with Crippen molar-refractivity contribution in [1.29, 1.82) is 0 Å². The van der Waals surface area contributed by atoms with Gasteiger partial charge >= 0.3 is 0 Å². The fourth-order valence-corrected chi connectivity index (χ4v) is 4.18. The molecule has 1 aliphatic heterocycles. The minimum Gasteiger partial charge on any atom is -0.368 e. The fraction of sp³-hybridized carbons (Fsp3) is 0.632. The third-order valence-electron chi connectivity index (χ3n) is 5.25. The van der Waals surface area contributed by atoms with Crippen molar-refractivity contribution in [1.82, 2.24) is 15.5 Å². The smallest absolute Gasteiger partial charge is 0.191 e. The summed E-state index contributed by atoms with van der Waals surface area (Å²) < 4.78 is 1.16. The third-order valence-corrected chi connectivity index (χ3v) is 5.92.